The molecule has 2 aliphatic carbocycles. The minimum absolute atomic E-state index is 0.581. The average Bonchev–Trinajstić information content (AvgIpc) is 2.43. The molecule has 0 aromatic heterocycles. The summed E-state index contributed by atoms with van der Waals surface area (Å²) in [5.74, 6) is 1.99. The topological polar surface area (TPSA) is 50.4 Å². The molecule has 1 saturated carbocycles. The molecule has 3 N–H and O–H groups in total. The van der Waals surface area contributed by atoms with Crippen LogP contribution in [0.2, 0.25) is 0 Å². The quantitative estimate of drug-likeness (QED) is 0.653. The van der Waals surface area contributed by atoms with E-state index in [2.05, 4.69) is 34.6 Å². The zero-order valence-electron chi connectivity index (χ0n) is 12.1. The van der Waals surface area contributed by atoms with Crippen LogP contribution in [0, 0.1) is 5.92 Å². The third kappa shape index (κ3) is 3.14. The van der Waals surface area contributed by atoms with E-state index in [4.69, 9.17) is 5.73 Å². The van der Waals surface area contributed by atoms with Crippen LogP contribution in [-0.4, -0.2) is 19.0 Å². The lowest BCUT2D eigenvalue weighted by Crippen LogP contribution is -2.36. The van der Waals surface area contributed by atoms with Gasteiger partial charge in [0.1, 0.15) is 0 Å². The van der Waals surface area contributed by atoms with Crippen LogP contribution >= 0.6 is 0 Å². The molecule has 20 heavy (non-hydrogen) atoms. The SMILES string of the molecule is NC(=NCC1CCC1)NCC1CCCc2ccccc21. The Hall–Kier alpha value is -1.51. The number of guanidine groups is 1. The third-order valence-electron chi connectivity index (χ3n) is 4.77. The molecule has 0 heterocycles. The molecular formula is C17H25N3. The van der Waals surface area contributed by atoms with Crippen LogP contribution in [0.3, 0.4) is 0 Å². The first-order valence-corrected chi connectivity index (χ1v) is 7.94. The van der Waals surface area contributed by atoms with Gasteiger partial charge in [-0.1, -0.05) is 30.7 Å². The standard InChI is InChI=1S/C17H25N3/c18-17(19-11-13-5-3-6-13)20-12-15-9-4-8-14-7-1-2-10-16(14)15/h1-2,7,10,13,15H,3-6,8-9,11-12H2,(H3,18,19,20). The molecular weight excluding hydrogens is 246 g/mol. The minimum Gasteiger partial charge on any atom is -0.370 e. The Morgan fingerprint density at radius 2 is 2.05 bits per heavy atom. The van der Waals surface area contributed by atoms with Crippen LogP contribution in [0.25, 0.3) is 0 Å². The Bertz CT molecular complexity index is 477. The van der Waals surface area contributed by atoms with Crippen molar-refractivity contribution in [1.29, 1.82) is 0 Å². The maximum Gasteiger partial charge on any atom is 0.188 e. The molecule has 1 aromatic rings. The summed E-state index contributed by atoms with van der Waals surface area (Å²) in [5, 5.41) is 3.32. The van der Waals surface area contributed by atoms with Gasteiger partial charge in [-0.25, -0.2) is 0 Å². The van der Waals surface area contributed by atoms with Gasteiger partial charge in [-0.2, -0.15) is 0 Å². The lowest BCUT2D eigenvalue weighted by atomic mass is 9.83. The number of nitrogens with one attached hydrogen (secondary N) is 1. The maximum atomic E-state index is 5.98. The van der Waals surface area contributed by atoms with Crippen molar-refractivity contribution in [1.82, 2.24) is 5.32 Å². The summed E-state index contributed by atoms with van der Waals surface area (Å²) in [6.07, 6.45) is 7.77. The number of hydrogen-bond donors (Lipinski definition) is 2. The summed E-state index contributed by atoms with van der Waals surface area (Å²) in [4.78, 5) is 4.47. The monoisotopic (exact) mass is 271 g/mol. The number of nitrogens with zero attached hydrogens (tertiary/aromatic N) is 1. The number of aliphatic imine (C=N–C) groups is 1. The number of benzene rings is 1. The van der Waals surface area contributed by atoms with E-state index < -0.39 is 0 Å². The lowest BCUT2D eigenvalue weighted by molar-refractivity contribution is 0.326. The van der Waals surface area contributed by atoms with Gasteiger partial charge in [0.2, 0.25) is 0 Å². The highest BCUT2D eigenvalue weighted by molar-refractivity contribution is 5.77. The van der Waals surface area contributed by atoms with Crippen LogP contribution in [0.4, 0.5) is 0 Å². The summed E-state index contributed by atoms with van der Waals surface area (Å²) < 4.78 is 0. The third-order valence-corrected chi connectivity index (χ3v) is 4.77. The smallest absolute Gasteiger partial charge is 0.188 e. The molecule has 0 bridgehead atoms. The molecule has 3 nitrogen and oxygen atoms in total. The summed E-state index contributed by atoms with van der Waals surface area (Å²) in [5.41, 5.74) is 8.98. The van der Waals surface area contributed by atoms with E-state index in [1.807, 2.05) is 0 Å². The molecule has 0 amide bonds. The molecule has 2 aliphatic rings. The van der Waals surface area contributed by atoms with Crippen LogP contribution in [0.5, 0.6) is 0 Å². The van der Waals surface area contributed by atoms with Gasteiger partial charge in [0.25, 0.3) is 0 Å². The van der Waals surface area contributed by atoms with Crippen LogP contribution in [0.15, 0.2) is 29.3 Å². The fraction of sp³-hybridized carbons (Fsp3) is 0.588. The van der Waals surface area contributed by atoms with Crippen LogP contribution in [0.1, 0.15) is 49.1 Å². The zero-order chi connectivity index (χ0) is 13.8. The average molecular weight is 271 g/mol. The van der Waals surface area contributed by atoms with Crippen molar-refractivity contribution in [3.8, 4) is 0 Å². The van der Waals surface area contributed by atoms with Crippen LogP contribution < -0.4 is 11.1 Å². The first-order chi connectivity index (χ1) is 9.83. The second-order valence-electron chi connectivity index (χ2n) is 6.19. The number of fused-ring (bicyclic) bond motifs is 1. The number of aryl methyl sites for hydroxylation is 1. The molecule has 1 aromatic carbocycles. The van der Waals surface area contributed by atoms with E-state index in [0.717, 1.165) is 19.0 Å². The molecule has 0 aliphatic heterocycles. The highest BCUT2D eigenvalue weighted by Crippen LogP contribution is 2.30. The summed E-state index contributed by atoms with van der Waals surface area (Å²) >= 11 is 0. The Balaban J connectivity index is 1.53. The van der Waals surface area contributed by atoms with E-state index >= 15 is 0 Å². The fourth-order valence-electron chi connectivity index (χ4n) is 3.25. The number of rotatable bonds is 4. The summed E-state index contributed by atoms with van der Waals surface area (Å²) in [6, 6.07) is 8.81. The van der Waals surface area contributed by atoms with Gasteiger partial charge in [0.05, 0.1) is 0 Å². The van der Waals surface area contributed by atoms with Crippen molar-refractivity contribution in [3.05, 3.63) is 35.4 Å². The predicted octanol–water partition coefficient (Wildman–Crippen LogP) is 2.81. The molecule has 3 rings (SSSR count). The van der Waals surface area contributed by atoms with Crippen molar-refractivity contribution in [2.75, 3.05) is 13.1 Å². The molecule has 1 fully saturated rings. The van der Waals surface area contributed by atoms with E-state index in [0.29, 0.717) is 11.9 Å². The first kappa shape index (κ1) is 13.5. The maximum absolute atomic E-state index is 5.98. The van der Waals surface area contributed by atoms with Crippen molar-refractivity contribution in [3.63, 3.8) is 0 Å². The Morgan fingerprint density at radius 1 is 1.20 bits per heavy atom. The molecule has 0 radical (unpaired) electrons. The predicted molar refractivity (Wildman–Crippen MR) is 84.0 cm³/mol. The molecule has 0 spiro atoms. The summed E-state index contributed by atoms with van der Waals surface area (Å²) in [7, 11) is 0. The van der Waals surface area contributed by atoms with Crippen molar-refractivity contribution >= 4 is 5.96 Å². The number of nitrogens with two attached hydrogens (primary N) is 1. The van der Waals surface area contributed by atoms with Gasteiger partial charge < -0.3 is 11.1 Å². The van der Waals surface area contributed by atoms with Gasteiger partial charge >= 0.3 is 0 Å². The zero-order valence-corrected chi connectivity index (χ0v) is 12.1. The van der Waals surface area contributed by atoms with Gasteiger partial charge in [-0.15, -0.1) is 0 Å². The van der Waals surface area contributed by atoms with Gasteiger partial charge in [0, 0.05) is 19.0 Å². The lowest BCUT2D eigenvalue weighted by Gasteiger charge is -2.26. The minimum atomic E-state index is 0.581. The van der Waals surface area contributed by atoms with Gasteiger partial charge in [0.15, 0.2) is 5.96 Å². The first-order valence-electron chi connectivity index (χ1n) is 7.94. The fourth-order valence-corrected chi connectivity index (χ4v) is 3.25. The second kappa shape index (κ2) is 6.29. The summed E-state index contributed by atoms with van der Waals surface area (Å²) in [6.45, 7) is 1.82. The second-order valence-corrected chi connectivity index (χ2v) is 6.19. The molecule has 1 atom stereocenters. The van der Waals surface area contributed by atoms with Gasteiger partial charge in [-0.05, 0) is 49.1 Å². The Kier molecular flexibility index (Phi) is 4.24. The Morgan fingerprint density at radius 3 is 2.85 bits per heavy atom. The van der Waals surface area contributed by atoms with Gasteiger partial charge in [-0.3, -0.25) is 4.99 Å². The van der Waals surface area contributed by atoms with Crippen molar-refractivity contribution < 1.29 is 0 Å². The molecule has 108 valence electrons. The van der Waals surface area contributed by atoms with E-state index in [9.17, 15) is 0 Å². The van der Waals surface area contributed by atoms with Crippen molar-refractivity contribution in [2.24, 2.45) is 16.6 Å². The normalized spacial score (nSPS) is 23.0. The number of hydrogen-bond acceptors (Lipinski definition) is 1. The molecule has 1 unspecified atom stereocenters. The van der Waals surface area contributed by atoms with Crippen molar-refractivity contribution in [2.45, 2.75) is 44.4 Å². The largest absolute Gasteiger partial charge is 0.370 e. The highest BCUT2D eigenvalue weighted by atomic mass is 15.1. The van der Waals surface area contributed by atoms with E-state index in [1.165, 1.54) is 49.7 Å². The van der Waals surface area contributed by atoms with E-state index in [1.54, 1.807) is 0 Å². The Labute approximate surface area is 121 Å². The molecule has 0 saturated heterocycles. The van der Waals surface area contributed by atoms with Crippen LogP contribution in [-0.2, 0) is 6.42 Å². The van der Waals surface area contributed by atoms with E-state index in [-0.39, 0.29) is 0 Å². The molecule has 3 heteroatoms. The highest BCUT2D eigenvalue weighted by Gasteiger charge is 2.20.